The van der Waals surface area contributed by atoms with Gasteiger partial charge in [0.25, 0.3) is 0 Å². The van der Waals surface area contributed by atoms with Gasteiger partial charge in [-0.2, -0.15) is 5.10 Å². The number of hydrogen-bond acceptors (Lipinski definition) is 5. The third-order valence-corrected chi connectivity index (χ3v) is 4.01. The van der Waals surface area contributed by atoms with Crippen molar-refractivity contribution in [2.24, 2.45) is 5.10 Å². The van der Waals surface area contributed by atoms with Crippen molar-refractivity contribution in [1.29, 1.82) is 0 Å². The Bertz CT molecular complexity index is 672. The number of ketones is 1. The van der Waals surface area contributed by atoms with E-state index in [0.717, 1.165) is 30.0 Å². The molecule has 4 nitrogen and oxygen atoms in total. The lowest BCUT2D eigenvalue weighted by Crippen LogP contribution is -2.17. The normalized spacial score (nSPS) is 16.5. The van der Waals surface area contributed by atoms with Crippen LogP contribution in [-0.2, 0) is 0 Å². The molecule has 1 aromatic rings. The maximum Gasteiger partial charge on any atom is 0.573 e. The number of hydrogen-bond donors (Lipinski definition) is 0. The zero-order valence-electron chi connectivity index (χ0n) is 13.3. The number of rotatable bonds is 6. The zero-order valence-corrected chi connectivity index (χ0v) is 14.1. The highest BCUT2D eigenvalue weighted by molar-refractivity contribution is 8.17. The Morgan fingerprint density at radius 2 is 2.17 bits per heavy atom. The monoisotopic (exact) mass is 358 g/mol. The summed E-state index contributed by atoms with van der Waals surface area (Å²) >= 11 is 1.37. The van der Waals surface area contributed by atoms with Crippen molar-refractivity contribution >= 4 is 22.6 Å². The first-order chi connectivity index (χ1) is 11.3. The van der Waals surface area contributed by atoms with Crippen LogP contribution in [0.4, 0.5) is 13.2 Å². The van der Waals surface area contributed by atoms with Gasteiger partial charge in [0, 0.05) is 18.2 Å². The summed E-state index contributed by atoms with van der Waals surface area (Å²) in [7, 11) is 0. The van der Waals surface area contributed by atoms with Crippen LogP contribution >= 0.6 is 11.8 Å². The molecule has 0 N–H and O–H groups in total. The maximum atomic E-state index is 12.3. The fourth-order valence-electron chi connectivity index (χ4n) is 2.06. The van der Waals surface area contributed by atoms with E-state index in [1.807, 2.05) is 6.92 Å². The minimum atomic E-state index is -4.79. The number of allylic oxidation sites excluding steroid dienone is 1. The molecule has 130 valence electrons. The van der Waals surface area contributed by atoms with Gasteiger partial charge in [-0.25, -0.2) is 0 Å². The van der Waals surface area contributed by atoms with Crippen LogP contribution in [0, 0.1) is 0 Å². The number of unbranched alkanes of at least 4 members (excludes halogenated alkanes) is 1. The smallest absolute Gasteiger partial charge is 0.406 e. The molecule has 0 saturated carbocycles. The molecule has 2 rings (SSSR count). The van der Waals surface area contributed by atoms with Gasteiger partial charge >= 0.3 is 6.36 Å². The molecule has 1 aliphatic rings. The Balaban J connectivity index is 2.15. The first kappa shape index (κ1) is 18.4. The SMILES string of the molecule is CCCCN1N=C(C)S/C1=C\C(=O)c1cccc(OC(F)(F)F)c1. The van der Waals surface area contributed by atoms with E-state index < -0.39 is 17.9 Å². The molecule has 24 heavy (non-hydrogen) atoms. The van der Waals surface area contributed by atoms with Crippen LogP contribution < -0.4 is 4.74 Å². The van der Waals surface area contributed by atoms with Crippen LogP contribution in [0.25, 0.3) is 0 Å². The van der Waals surface area contributed by atoms with Crippen LogP contribution in [0.2, 0.25) is 0 Å². The quantitative estimate of drug-likeness (QED) is 0.541. The number of ether oxygens (including phenoxy) is 1. The van der Waals surface area contributed by atoms with E-state index >= 15 is 0 Å². The van der Waals surface area contributed by atoms with Crippen LogP contribution in [0.1, 0.15) is 37.0 Å². The second kappa shape index (κ2) is 7.74. The second-order valence-electron chi connectivity index (χ2n) is 5.12. The van der Waals surface area contributed by atoms with E-state index in [0.29, 0.717) is 11.6 Å². The Morgan fingerprint density at radius 3 is 2.83 bits per heavy atom. The largest absolute Gasteiger partial charge is 0.573 e. The molecule has 0 radical (unpaired) electrons. The van der Waals surface area contributed by atoms with E-state index in [1.54, 1.807) is 5.01 Å². The molecule has 0 bridgehead atoms. The summed E-state index contributed by atoms with van der Waals surface area (Å²) in [6.07, 6.45) is -1.47. The predicted molar refractivity (Wildman–Crippen MR) is 87.9 cm³/mol. The first-order valence-electron chi connectivity index (χ1n) is 7.41. The maximum absolute atomic E-state index is 12.3. The summed E-state index contributed by atoms with van der Waals surface area (Å²) in [6.45, 7) is 4.59. The number of benzene rings is 1. The molecule has 0 unspecified atom stereocenters. The lowest BCUT2D eigenvalue weighted by Gasteiger charge is -2.14. The van der Waals surface area contributed by atoms with Crippen LogP contribution in [-0.4, -0.2) is 28.7 Å². The lowest BCUT2D eigenvalue weighted by molar-refractivity contribution is -0.274. The molecule has 0 saturated heterocycles. The fourth-order valence-corrected chi connectivity index (χ4v) is 2.90. The van der Waals surface area contributed by atoms with Crippen LogP contribution in [0.15, 0.2) is 40.5 Å². The number of carbonyl (C=O) groups excluding carboxylic acids is 1. The molecule has 0 atom stereocenters. The van der Waals surface area contributed by atoms with Gasteiger partial charge in [0.15, 0.2) is 5.78 Å². The summed E-state index contributed by atoms with van der Waals surface area (Å²) in [5.74, 6) is -0.808. The summed E-state index contributed by atoms with van der Waals surface area (Å²) in [4.78, 5) is 12.3. The number of nitrogens with zero attached hydrogens (tertiary/aromatic N) is 2. The summed E-state index contributed by atoms with van der Waals surface area (Å²) in [6, 6.07) is 5.04. The van der Waals surface area contributed by atoms with E-state index in [9.17, 15) is 18.0 Å². The molecule has 0 amide bonds. The molecule has 8 heteroatoms. The van der Waals surface area contributed by atoms with Crippen molar-refractivity contribution in [3.05, 3.63) is 40.9 Å². The van der Waals surface area contributed by atoms with Crippen LogP contribution in [0.3, 0.4) is 0 Å². The van der Waals surface area contributed by atoms with Gasteiger partial charge < -0.3 is 4.74 Å². The molecule has 0 aliphatic carbocycles. The average molecular weight is 358 g/mol. The molecule has 0 fully saturated rings. The zero-order chi connectivity index (χ0) is 17.7. The number of carbonyl (C=O) groups is 1. The Kier molecular flexibility index (Phi) is 5.93. The number of hydrazone groups is 1. The van der Waals surface area contributed by atoms with Crippen molar-refractivity contribution in [3.8, 4) is 5.75 Å². The minimum absolute atomic E-state index is 0.129. The van der Waals surface area contributed by atoms with E-state index in [2.05, 4.69) is 16.8 Å². The van der Waals surface area contributed by atoms with Gasteiger partial charge in [-0.15, -0.1) is 13.2 Å². The van der Waals surface area contributed by atoms with Gasteiger partial charge in [0.2, 0.25) is 0 Å². The van der Waals surface area contributed by atoms with Crippen LogP contribution in [0.5, 0.6) is 5.75 Å². The van der Waals surface area contributed by atoms with Gasteiger partial charge in [-0.1, -0.05) is 37.2 Å². The Morgan fingerprint density at radius 1 is 1.42 bits per heavy atom. The Labute approximate surface area is 142 Å². The molecule has 1 heterocycles. The number of halogens is 3. The summed E-state index contributed by atoms with van der Waals surface area (Å²) in [5.41, 5.74) is 0.129. The molecular formula is C16H17F3N2O2S. The van der Waals surface area contributed by atoms with Gasteiger partial charge in [0.05, 0.1) is 5.04 Å². The van der Waals surface area contributed by atoms with Gasteiger partial charge in [0.1, 0.15) is 10.8 Å². The molecule has 1 aromatic carbocycles. The Hall–Kier alpha value is -1.96. The molecule has 0 aromatic heterocycles. The van der Waals surface area contributed by atoms with Crippen molar-refractivity contribution in [2.75, 3.05) is 6.54 Å². The van der Waals surface area contributed by atoms with Crippen molar-refractivity contribution in [2.45, 2.75) is 33.1 Å². The van der Waals surface area contributed by atoms with Gasteiger partial charge in [-0.05, 0) is 25.5 Å². The minimum Gasteiger partial charge on any atom is -0.406 e. The predicted octanol–water partition coefficient (Wildman–Crippen LogP) is 4.79. The highest BCUT2D eigenvalue weighted by atomic mass is 32.2. The standard InChI is InChI=1S/C16H17F3N2O2S/c1-3-4-8-21-15(24-11(2)20-21)10-14(22)12-6-5-7-13(9-12)23-16(17,18)19/h5-7,9-10H,3-4,8H2,1-2H3/b15-10-. The third kappa shape index (κ3) is 5.30. The first-order valence-corrected chi connectivity index (χ1v) is 8.22. The highest BCUT2D eigenvalue weighted by Gasteiger charge is 2.31. The number of thioether (sulfide) groups is 1. The number of alkyl halides is 3. The fraction of sp³-hybridized carbons (Fsp3) is 0.375. The third-order valence-electron chi connectivity index (χ3n) is 3.10. The van der Waals surface area contributed by atoms with E-state index in [1.165, 1.54) is 30.0 Å². The van der Waals surface area contributed by atoms with Crippen molar-refractivity contribution < 1.29 is 22.7 Å². The van der Waals surface area contributed by atoms with Crippen molar-refractivity contribution in [3.63, 3.8) is 0 Å². The molecule has 0 spiro atoms. The second-order valence-corrected chi connectivity index (χ2v) is 6.33. The topological polar surface area (TPSA) is 41.9 Å². The molecular weight excluding hydrogens is 341 g/mol. The summed E-state index contributed by atoms with van der Waals surface area (Å²) in [5, 5.41) is 7.58. The van der Waals surface area contributed by atoms with Crippen molar-refractivity contribution in [1.82, 2.24) is 5.01 Å². The van der Waals surface area contributed by atoms with E-state index in [-0.39, 0.29) is 5.56 Å². The molecule has 1 aliphatic heterocycles. The summed E-state index contributed by atoms with van der Waals surface area (Å²) < 4.78 is 40.7. The van der Waals surface area contributed by atoms with E-state index in [4.69, 9.17) is 0 Å². The lowest BCUT2D eigenvalue weighted by atomic mass is 10.1. The van der Waals surface area contributed by atoms with Gasteiger partial charge in [-0.3, -0.25) is 9.80 Å². The average Bonchev–Trinajstić information content (AvgIpc) is 2.83. The highest BCUT2D eigenvalue weighted by Crippen LogP contribution is 2.31.